The third kappa shape index (κ3) is 6.25. The number of carbonyl (C=O) groups is 1. The SMILES string of the molecule is CCN1CCN(Cc2ccc(CNC(=O)c3ccc(COc4ccccc4C#N)o3)cc2)CC1. The number of nitrogens with zero attached hydrogens (tertiary/aromatic N) is 3. The number of nitrogens with one attached hydrogen (secondary N) is 1. The second-order valence-corrected chi connectivity index (χ2v) is 8.37. The van der Waals surface area contributed by atoms with Crippen LogP contribution < -0.4 is 10.1 Å². The van der Waals surface area contributed by atoms with Crippen LogP contribution in [-0.2, 0) is 19.7 Å². The van der Waals surface area contributed by atoms with Gasteiger partial charge in [0.25, 0.3) is 5.91 Å². The molecule has 2 heterocycles. The minimum absolute atomic E-state index is 0.140. The molecule has 1 fully saturated rings. The quantitative estimate of drug-likeness (QED) is 0.525. The Hall–Kier alpha value is -3.60. The maximum Gasteiger partial charge on any atom is 0.287 e. The molecule has 0 atom stereocenters. The van der Waals surface area contributed by atoms with Gasteiger partial charge in [-0.2, -0.15) is 5.26 Å². The van der Waals surface area contributed by atoms with Gasteiger partial charge in [0.05, 0.1) is 5.56 Å². The van der Waals surface area contributed by atoms with Gasteiger partial charge in [-0.15, -0.1) is 0 Å². The van der Waals surface area contributed by atoms with Gasteiger partial charge in [-0.25, -0.2) is 0 Å². The number of benzene rings is 2. The smallest absolute Gasteiger partial charge is 0.287 e. The topological polar surface area (TPSA) is 81.7 Å². The molecule has 0 unspecified atom stereocenters. The average molecular weight is 459 g/mol. The lowest BCUT2D eigenvalue weighted by molar-refractivity contribution is 0.0919. The fraction of sp³-hybridized carbons (Fsp3) is 0.333. The summed E-state index contributed by atoms with van der Waals surface area (Å²) in [6.07, 6.45) is 0. The van der Waals surface area contributed by atoms with E-state index in [1.165, 1.54) is 5.56 Å². The fourth-order valence-electron chi connectivity index (χ4n) is 3.97. The van der Waals surface area contributed by atoms with Crippen LogP contribution in [0.1, 0.15) is 39.9 Å². The van der Waals surface area contributed by atoms with Gasteiger partial charge in [-0.05, 0) is 41.9 Å². The molecule has 1 saturated heterocycles. The third-order valence-electron chi connectivity index (χ3n) is 6.06. The Kier molecular flexibility index (Phi) is 7.97. The van der Waals surface area contributed by atoms with Gasteiger partial charge in [0.15, 0.2) is 5.76 Å². The van der Waals surface area contributed by atoms with Crippen molar-refractivity contribution in [2.24, 2.45) is 0 Å². The highest BCUT2D eigenvalue weighted by Gasteiger charge is 2.16. The summed E-state index contributed by atoms with van der Waals surface area (Å²) in [5.74, 6) is 0.956. The molecule has 3 aromatic rings. The maximum absolute atomic E-state index is 12.5. The molecular formula is C27H30N4O3. The largest absolute Gasteiger partial charge is 0.484 e. The molecule has 1 N–H and O–H groups in total. The molecule has 0 spiro atoms. The highest BCUT2D eigenvalue weighted by atomic mass is 16.5. The lowest BCUT2D eigenvalue weighted by atomic mass is 10.1. The predicted molar refractivity (Wildman–Crippen MR) is 129 cm³/mol. The van der Waals surface area contributed by atoms with Crippen molar-refractivity contribution < 1.29 is 13.9 Å². The Bertz CT molecular complexity index is 1130. The number of amides is 1. The zero-order valence-corrected chi connectivity index (χ0v) is 19.5. The number of likely N-dealkylation sites (N-methyl/N-ethyl adjacent to an activating group) is 1. The number of hydrogen-bond donors (Lipinski definition) is 1. The van der Waals surface area contributed by atoms with Crippen LogP contribution in [0.5, 0.6) is 5.75 Å². The summed E-state index contributed by atoms with van der Waals surface area (Å²) in [6.45, 7) is 9.34. The summed E-state index contributed by atoms with van der Waals surface area (Å²) < 4.78 is 11.3. The van der Waals surface area contributed by atoms with Crippen molar-refractivity contribution in [2.45, 2.75) is 26.6 Å². The van der Waals surface area contributed by atoms with Crippen LogP contribution in [0.2, 0.25) is 0 Å². The monoisotopic (exact) mass is 458 g/mol. The van der Waals surface area contributed by atoms with Gasteiger partial charge in [0.2, 0.25) is 0 Å². The first-order chi connectivity index (χ1) is 16.6. The molecule has 176 valence electrons. The molecule has 4 rings (SSSR count). The van der Waals surface area contributed by atoms with Crippen molar-refractivity contribution in [1.82, 2.24) is 15.1 Å². The van der Waals surface area contributed by atoms with E-state index < -0.39 is 0 Å². The summed E-state index contributed by atoms with van der Waals surface area (Å²) in [5, 5.41) is 12.0. The summed E-state index contributed by atoms with van der Waals surface area (Å²) in [7, 11) is 0. The maximum atomic E-state index is 12.5. The second kappa shape index (κ2) is 11.5. The van der Waals surface area contributed by atoms with Gasteiger partial charge >= 0.3 is 0 Å². The average Bonchev–Trinajstić information content (AvgIpc) is 3.37. The third-order valence-corrected chi connectivity index (χ3v) is 6.06. The Labute approximate surface area is 200 Å². The van der Waals surface area contributed by atoms with E-state index in [0.29, 0.717) is 23.6 Å². The van der Waals surface area contributed by atoms with E-state index in [4.69, 9.17) is 14.4 Å². The van der Waals surface area contributed by atoms with Gasteiger partial charge in [-0.3, -0.25) is 9.69 Å². The first-order valence-corrected chi connectivity index (χ1v) is 11.7. The summed E-state index contributed by atoms with van der Waals surface area (Å²) in [5.41, 5.74) is 2.78. The number of carbonyl (C=O) groups excluding carboxylic acids is 1. The Morgan fingerprint density at radius 2 is 1.71 bits per heavy atom. The molecule has 0 radical (unpaired) electrons. The molecule has 7 heteroatoms. The minimum atomic E-state index is -0.276. The van der Waals surface area contributed by atoms with Crippen molar-refractivity contribution >= 4 is 5.91 Å². The Morgan fingerprint density at radius 3 is 2.44 bits per heavy atom. The zero-order valence-electron chi connectivity index (χ0n) is 19.5. The summed E-state index contributed by atoms with van der Waals surface area (Å²) >= 11 is 0. The highest BCUT2D eigenvalue weighted by Crippen LogP contribution is 2.19. The van der Waals surface area contributed by atoms with E-state index in [-0.39, 0.29) is 18.3 Å². The summed E-state index contributed by atoms with van der Waals surface area (Å²) in [6, 6.07) is 20.8. The molecule has 1 aliphatic rings. The molecule has 2 aromatic carbocycles. The molecule has 0 saturated carbocycles. The lowest BCUT2D eigenvalue weighted by Gasteiger charge is -2.34. The number of rotatable bonds is 9. The number of ether oxygens (including phenoxy) is 1. The van der Waals surface area contributed by atoms with Crippen LogP contribution in [-0.4, -0.2) is 48.4 Å². The van der Waals surface area contributed by atoms with Gasteiger partial charge in [0, 0.05) is 39.3 Å². The first-order valence-electron chi connectivity index (χ1n) is 11.7. The van der Waals surface area contributed by atoms with E-state index in [1.54, 1.807) is 36.4 Å². The molecule has 1 amide bonds. The van der Waals surface area contributed by atoms with Crippen molar-refractivity contribution in [2.75, 3.05) is 32.7 Å². The Morgan fingerprint density at radius 1 is 1.00 bits per heavy atom. The number of hydrogen-bond acceptors (Lipinski definition) is 6. The molecule has 1 aliphatic heterocycles. The van der Waals surface area contributed by atoms with Gasteiger partial charge in [0.1, 0.15) is 24.2 Å². The van der Waals surface area contributed by atoms with Crippen LogP contribution in [0.15, 0.2) is 65.1 Å². The second-order valence-electron chi connectivity index (χ2n) is 8.37. The van der Waals surface area contributed by atoms with Crippen molar-refractivity contribution in [3.05, 3.63) is 88.9 Å². The van der Waals surface area contributed by atoms with Gasteiger partial charge in [-0.1, -0.05) is 43.3 Å². The van der Waals surface area contributed by atoms with E-state index in [9.17, 15) is 4.79 Å². The van der Waals surface area contributed by atoms with E-state index >= 15 is 0 Å². The van der Waals surface area contributed by atoms with Gasteiger partial charge < -0.3 is 19.4 Å². The fourth-order valence-corrected chi connectivity index (χ4v) is 3.97. The molecule has 0 bridgehead atoms. The molecule has 34 heavy (non-hydrogen) atoms. The normalized spacial score (nSPS) is 14.5. The number of para-hydroxylation sites is 1. The van der Waals surface area contributed by atoms with Crippen LogP contribution in [0.4, 0.5) is 0 Å². The molecule has 1 aromatic heterocycles. The van der Waals surface area contributed by atoms with E-state index in [0.717, 1.165) is 44.8 Å². The highest BCUT2D eigenvalue weighted by molar-refractivity contribution is 5.91. The molecule has 0 aliphatic carbocycles. The van der Waals surface area contributed by atoms with Crippen molar-refractivity contribution in [3.8, 4) is 11.8 Å². The van der Waals surface area contributed by atoms with Crippen LogP contribution in [0.25, 0.3) is 0 Å². The number of nitriles is 1. The van der Waals surface area contributed by atoms with E-state index in [1.807, 2.05) is 0 Å². The van der Waals surface area contributed by atoms with E-state index in [2.05, 4.69) is 52.4 Å². The zero-order chi connectivity index (χ0) is 23.8. The number of furan rings is 1. The first kappa shape index (κ1) is 23.6. The van der Waals surface area contributed by atoms with Crippen molar-refractivity contribution in [3.63, 3.8) is 0 Å². The van der Waals surface area contributed by atoms with Crippen LogP contribution >= 0.6 is 0 Å². The lowest BCUT2D eigenvalue weighted by Crippen LogP contribution is -2.45. The van der Waals surface area contributed by atoms with Crippen LogP contribution in [0.3, 0.4) is 0 Å². The Balaban J connectivity index is 1.23. The van der Waals surface area contributed by atoms with Crippen molar-refractivity contribution in [1.29, 1.82) is 5.26 Å². The predicted octanol–water partition coefficient (Wildman–Crippen LogP) is 3.80. The molecular weight excluding hydrogens is 428 g/mol. The standard InChI is InChI=1S/C27H30N4O3/c1-2-30-13-15-31(16-14-30)19-22-9-7-21(8-10-22)18-29-27(32)26-12-11-24(34-26)20-33-25-6-4-3-5-23(25)17-28/h3-12H,2,13-16,18-20H2,1H3,(H,29,32). The van der Waals surface area contributed by atoms with Crippen LogP contribution in [0, 0.1) is 11.3 Å². The number of piperazine rings is 1. The summed E-state index contributed by atoms with van der Waals surface area (Å²) in [4.78, 5) is 17.5. The minimum Gasteiger partial charge on any atom is -0.484 e. The molecule has 7 nitrogen and oxygen atoms in total.